The Morgan fingerprint density at radius 1 is 0.920 bits per heavy atom. The van der Waals surface area contributed by atoms with Crippen molar-refractivity contribution in [1.82, 2.24) is 5.43 Å². The van der Waals surface area contributed by atoms with Gasteiger partial charge in [-0.25, -0.2) is 5.43 Å². The molecule has 0 aliphatic heterocycles. The lowest BCUT2D eigenvalue weighted by Gasteiger charge is -2.12. The van der Waals surface area contributed by atoms with E-state index in [1.807, 2.05) is 37.3 Å². The Kier molecular flexibility index (Phi) is 9.71. The van der Waals surface area contributed by atoms with Crippen molar-refractivity contribution in [3.05, 3.63) is 30.3 Å². The summed E-state index contributed by atoms with van der Waals surface area (Å²) in [5, 5.41) is 4.34. The largest absolute Gasteiger partial charge is 0.272 e. The molecule has 1 aromatic carbocycles. The highest BCUT2D eigenvalue weighted by atomic mass is 32.2. The maximum absolute atomic E-state index is 12.3. The first-order chi connectivity index (χ1) is 12.3. The molecule has 1 aliphatic carbocycles. The molecule has 0 saturated heterocycles. The van der Waals surface area contributed by atoms with Crippen LogP contribution in [0.1, 0.15) is 77.6 Å². The Morgan fingerprint density at radius 2 is 1.44 bits per heavy atom. The van der Waals surface area contributed by atoms with E-state index in [0.717, 1.165) is 17.7 Å². The van der Waals surface area contributed by atoms with Crippen LogP contribution in [-0.4, -0.2) is 16.9 Å². The number of thioether (sulfide) groups is 1. The number of nitrogens with one attached hydrogen (secondary N) is 1. The quantitative estimate of drug-likeness (QED) is 0.533. The van der Waals surface area contributed by atoms with Gasteiger partial charge in [0.2, 0.25) is 0 Å². The summed E-state index contributed by atoms with van der Waals surface area (Å²) in [6.45, 7) is 1.94. The van der Waals surface area contributed by atoms with Gasteiger partial charge in [-0.2, -0.15) is 5.10 Å². The molecular weight excluding hydrogens is 328 g/mol. The van der Waals surface area contributed by atoms with E-state index in [-0.39, 0.29) is 11.2 Å². The first-order valence-electron chi connectivity index (χ1n) is 9.82. The maximum Gasteiger partial charge on any atom is 0.253 e. The normalized spacial score (nSPS) is 18.5. The predicted molar refractivity (Wildman–Crippen MR) is 108 cm³/mol. The summed E-state index contributed by atoms with van der Waals surface area (Å²) < 4.78 is 0. The molecule has 0 bridgehead atoms. The third-order valence-corrected chi connectivity index (χ3v) is 5.79. The molecule has 1 aliphatic rings. The van der Waals surface area contributed by atoms with Crippen molar-refractivity contribution in [3.63, 3.8) is 0 Å². The fourth-order valence-corrected chi connectivity index (χ4v) is 4.00. The molecule has 1 aromatic rings. The van der Waals surface area contributed by atoms with Gasteiger partial charge in [-0.3, -0.25) is 4.79 Å². The molecule has 0 radical (unpaired) electrons. The van der Waals surface area contributed by atoms with E-state index >= 15 is 0 Å². The van der Waals surface area contributed by atoms with Crippen LogP contribution in [0.3, 0.4) is 0 Å². The molecule has 25 heavy (non-hydrogen) atoms. The van der Waals surface area contributed by atoms with Gasteiger partial charge in [0.25, 0.3) is 5.91 Å². The van der Waals surface area contributed by atoms with E-state index in [1.54, 1.807) is 11.8 Å². The van der Waals surface area contributed by atoms with Crippen molar-refractivity contribution in [2.24, 2.45) is 5.10 Å². The van der Waals surface area contributed by atoms with Crippen LogP contribution in [0.4, 0.5) is 0 Å². The van der Waals surface area contributed by atoms with Crippen molar-refractivity contribution in [3.8, 4) is 0 Å². The van der Waals surface area contributed by atoms with Gasteiger partial charge in [0.15, 0.2) is 0 Å². The molecule has 1 atom stereocenters. The van der Waals surface area contributed by atoms with Gasteiger partial charge in [0.1, 0.15) is 0 Å². The van der Waals surface area contributed by atoms with Crippen LogP contribution >= 0.6 is 11.8 Å². The van der Waals surface area contributed by atoms with Crippen molar-refractivity contribution in [2.75, 3.05) is 0 Å². The van der Waals surface area contributed by atoms with E-state index in [9.17, 15) is 4.79 Å². The van der Waals surface area contributed by atoms with E-state index in [0.29, 0.717) is 0 Å². The van der Waals surface area contributed by atoms with Gasteiger partial charge in [-0.05, 0) is 44.7 Å². The zero-order valence-corrected chi connectivity index (χ0v) is 16.3. The molecule has 1 saturated carbocycles. The summed E-state index contributed by atoms with van der Waals surface area (Å²) in [5.74, 6) is -0.00697. The molecule has 0 heterocycles. The minimum absolute atomic E-state index is 0.00697. The lowest BCUT2D eigenvalue weighted by atomic mass is 10.00. The number of hydrogen-bond acceptors (Lipinski definition) is 3. The van der Waals surface area contributed by atoms with Crippen molar-refractivity contribution in [1.29, 1.82) is 0 Å². The highest BCUT2D eigenvalue weighted by Crippen LogP contribution is 2.22. The van der Waals surface area contributed by atoms with Crippen molar-refractivity contribution in [2.45, 2.75) is 87.7 Å². The zero-order valence-electron chi connectivity index (χ0n) is 15.5. The molecule has 0 aromatic heterocycles. The number of rotatable bonds is 4. The highest BCUT2D eigenvalue weighted by molar-refractivity contribution is 8.00. The smallest absolute Gasteiger partial charge is 0.253 e. The molecule has 0 spiro atoms. The maximum atomic E-state index is 12.3. The summed E-state index contributed by atoms with van der Waals surface area (Å²) in [5.41, 5.74) is 3.98. The summed E-state index contributed by atoms with van der Waals surface area (Å²) in [6.07, 6.45) is 13.8. The summed E-state index contributed by atoms with van der Waals surface area (Å²) in [6, 6.07) is 10.1. The Hall–Kier alpha value is -1.29. The molecule has 3 nitrogen and oxygen atoms in total. The van der Waals surface area contributed by atoms with Gasteiger partial charge < -0.3 is 0 Å². The molecule has 4 heteroatoms. The lowest BCUT2D eigenvalue weighted by molar-refractivity contribution is -0.120. The van der Waals surface area contributed by atoms with Crippen molar-refractivity contribution >= 4 is 23.4 Å². The van der Waals surface area contributed by atoms with Gasteiger partial charge in [0, 0.05) is 10.6 Å². The Bertz CT molecular complexity index is 516. The van der Waals surface area contributed by atoms with Crippen LogP contribution < -0.4 is 5.43 Å². The summed E-state index contributed by atoms with van der Waals surface area (Å²) >= 11 is 1.58. The summed E-state index contributed by atoms with van der Waals surface area (Å²) in [4.78, 5) is 13.4. The predicted octanol–water partition coefficient (Wildman–Crippen LogP) is 5.94. The first-order valence-corrected chi connectivity index (χ1v) is 10.7. The molecule has 138 valence electrons. The molecule has 1 amide bonds. The lowest BCUT2D eigenvalue weighted by Crippen LogP contribution is -2.28. The van der Waals surface area contributed by atoms with Crippen LogP contribution in [0.15, 0.2) is 40.3 Å². The second kappa shape index (κ2) is 12.1. The number of carbonyl (C=O) groups is 1. The average molecular weight is 361 g/mol. The highest BCUT2D eigenvalue weighted by Gasteiger charge is 2.14. The van der Waals surface area contributed by atoms with Crippen LogP contribution in [0, 0.1) is 0 Å². The number of benzene rings is 1. The molecule has 1 N–H and O–H groups in total. The minimum Gasteiger partial charge on any atom is -0.272 e. The number of nitrogens with zero attached hydrogens (tertiary/aromatic N) is 1. The second-order valence-corrected chi connectivity index (χ2v) is 8.32. The third-order valence-electron chi connectivity index (χ3n) is 4.68. The monoisotopic (exact) mass is 360 g/mol. The molecule has 0 unspecified atom stereocenters. The molecule has 1 fully saturated rings. The molecular formula is C21H32N2OS. The van der Waals surface area contributed by atoms with Gasteiger partial charge in [0.05, 0.1) is 5.25 Å². The first kappa shape index (κ1) is 20.0. The summed E-state index contributed by atoms with van der Waals surface area (Å²) in [7, 11) is 0. The fraction of sp³-hybridized carbons (Fsp3) is 0.619. The Labute approximate surface area is 157 Å². The SMILES string of the molecule is C[C@@H](Sc1ccccc1)C(=O)NN=C1CCCCCCCCCCC1. The van der Waals surface area contributed by atoms with Crippen LogP contribution in [0.2, 0.25) is 0 Å². The average Bonchev–Trinajstić information content (AvgIpc) is 2.62. The van der Waals surface area contributed by atoms with Gasteiger partial charge in [-0.1, -0.05) is 63.1 Å². The van der Waals surface area contributed by atoms with E-state index in [4.69, 9.17) is 0 Å². The van der Waals surface area contributed by atoms with E-state index < -0.39 is 0 Å². The van der Waals surface area contributed by atoms with Crippen LogP contribution in [-0.2, 0) is 4.79 Å². The molecule has 2 rings (SSSR count). The number of carbonyl (C=O) groups excluding carboxylic acids is 1. The minimum atomic E-state index is -0.141. The topological polar surface area (TPSA) is 41.5 Å². The van der Waals surface area contributed by atoms with Crippen molar-refractivity contribution < 1.29 is 4.79 Å². The third kappa shape index (κ3) is 8.57. The zero-order chi connectivity index (χ0) is 17.7. The van der Waals surface area contributed by atoms with Crippen LogP contribution in [0.25, 0.3) is 0 Å². The van der Waals surface area contributed by atoms with E-state index in [1.165, 1.54) is 63.5 Å². The Morgan fingerprint density at radius 3 is 2.00 bits per heavy atom. The second-order valence-electron chi connectivity index (χ2n) is 6.91. The fourth-order valence-electron chi connectivity index (χ4n) is 3.11. The Balaban J connectivity index is 1.82. The number of hydrogen-bond donors (Lipinski definition) is 1. The number of hydrazone groups is 1. The van der Waals surface area contributed by atoms with E-state index in [2.05, 4.69) is 10.5 Å². The van der Waals surface area contributed by atoms with Crippen LogP contribution in [0.5, 0.6) is 0 Å². The van der Waals surface area contributed by atoms with Gasteiger partial charge >= 0.3 is 0 Å². The standard InChI is InChI=1S/C21H32N2OS/c1-18(25-20-16-12-9-13-17-20)21(24)23-22-19-14-10-7-5-3-2-4-6-8-11-15-19/h9,12-13,16-18H,2-8,10-11,14-15H2,1H3,(H,23,24)/t18-/m1/s1. The van der Waals surface area contributed by atoms with Gasteiger partial charge in [-0.15, -0.1) is 11.8 Å². The number of amides is 1.